The second kappa shape index (κ2) is 13.6. The monoisotopic (exact) mass is 608 g/mol. The molecule has 0 N–H and O–H groups in total. The highest BCUT2D eigenvalue weighted by Crippen LogP contribution is 2.39. The topological polar surface area (TPSA) is 132 Å². The predicted molar refractivity (Wildman–Crippen MR) is 151 cm³/mol. The van der Waals surface area contributed by atoms with Gasteiger partial charge in [0.05, 0.1) is 0 Å². The largest absolute Gasteiger partial charge is 0.463 e. The number of carbonyl (C=O) groups excluding carboxylic acids is 4. The highest BCUT2D eigenvalue weighted by atomic mass is 35.5. The summed E-state index contributed by atoms with van der Waals surface area (Å²) in [4.78, 5) is 47.9. The Balaban J connectivity index is 2.05. The molecule has 1 heterocycles. The number of carbonyl (C=O) groups is 4. The lowest BCUT2D eigenvalue weighted by atomic mass is 9.89. The van der Waals surface area contributed by atoms with E-state index in [1.807, 2.05) is 24.3 Å². The van der Waals surface area contributed by atoms with E-state index in [4.69, 9.17) is 35.3 Å². The van der Waals surface area contributed by atoms with Crippen LogP contribution in [0.15, 0.2) is 42.5 Å². The lowest BCUT2D eigenvalue weighted by molar-refractivity contribution is -0.254. The average Bonchev–Trinajstić information content (AvgIpc) is 2.85. The van der Waals surface area contributed by atoms with Crippen LogP contribution in [0.25, 0.3) is 0 Å². The summed E-state index contributed by atoms with van der Waals surface area (Å²) in [6, 6.07) is 12.5. The van der Waals surface area contributed by atoms with E-state index in [0.717, 1.165) is 16.4 Å². The molecule has 0 aromatic heterocycles. The fourth-order valence-corrected chi connectivity index (χ4v) is 5.65. The minimum atomic E-state index is -2.41. The number of hydrogen-bond acceptors (Lipinski definition) is 10. The first-order valence-electron chi connectivity index (χ1n) is 12.9. The van der Waals surface area contributed by atoms with Gasteiger partial charge in [-0.1, -0.05) is 48.0 Å². The maximum atomic E-state index is 12.4. The van der Waals surface area contributed by atoms with Crippen LogP contribution in [0, 0.1) is 0 Å². The number of benzene rings is 2. The van der Waals surface area contributed by atoms with Gasteiger partial charge in [-0.25, -0.2) is 0 Å². The molecule has 0 unspecified atom stereocenters. The van der Waals surface area contributed by atoms with E-state index < -0.39 is 61.5 Å². The van der Waals surface area contributed by atoms with E-state index in [1.165, 1.54) is 27.7 Å². The molecule has 0 amide bonds. The Labute approximate surface area is 243 Å². The highest BCUT2D eigenvalue weighted by Gasteiger charge is 2.52. The summed E-state index contributed by atoms with van der Waals surface area (Å²) in [5.74, 6) is -2.69. The number of ether oxygens (including phenoxy) is 5. The molecule has 1 aliphatic heterocycles. The summed E-state index contributed by atoms with van der Waals surface area (Å²) >= 11 is 6.55. The first-order valence-corrected chi connectivity index (χ1v) is 15.9. The third kappa shape index (κ3) is 8.89. The predicted octanol–water partition coefficient (Wildman–Crippen LogP) is 3.98. The Morgan fingerprint density at radius 2 is 1.37 bits per heavy atom. The van der Waals surface area contributed by atoms with E-state index in [-0.39, 0.29) is 6.61 Å². The number of rotatable bonds is 9. The van der Waals surface area contributed by atoms with Crippen LogP contribution in [0.2, 0.25) is 5.02 Å². The van der Waals surface area contributed by atoms with Gasteiger partial charge in [-0.05, 0) is 42.5 Å². The summed E-state index contributed by atoms with van der Waals surface area (Å²) in [6.07, 6.45) is -5.38. The maximum Gasteiger partial charge on any atom is 0.303 e. The van der Waals surface area contributed by atoms with Crippen molar-refractivity contribution in [3.05, 3.63) is 64.2 Å². The smallest absolute Gasteiger partial charge is 0.303 e. The Bertz CT molecular complexity index is 1340. The molecule has 0 aliphatic carbocycles. The molecule has 0 bridgehead atoms. The molecule has 222 valence electrons. The summed E-state index contributed by atoms with van der Waals surface area (Å²) in [7, 11) is -2.41. The minimum absolute atomic E-state index is 0.320. The zero-order chi connectivity index (χ0) is 30.5. The standard InChI is InChI=1S/C29H34ClO10P/c1-16(31)36-15-25-27(37-17(2)32)29(39-19(4)34)28(38-18(3)33)26(40-25)21-9-12-24(30)22(14-21)13-20-7-10-23(11-8-20)41(5,6)35/h7-12,14,25-29H,13,15H2,1-6H3/t25-,26+,27-,28+,29+/m1/s1. The molecule has 0 radical (unpaired) electrons. The molecule has 3 rings (SSSR count). The summed E-state index contributed by atoms with van der Waals surface area (Å²) < 4.78 is 40.4. The molecule has 41 heavy (non-hydrogen) atoms. The maximum absolute atomic E-state index is 12.4. The van der Waals surface area contributed by atoms with Crippen LogP contribution in [0.1, 0.15) is 50.5 Å². The summed E-state index contributed by atoms with van der Waals surface area (Å²) in [5.41, 5.74) is 2.17. The zero-order valence-electron chi connectivity index (χ0n) is 23.8. The third-order valence-electron chi connectivity index (χ3n) is 6.34. The van der Waals surface area contributed by atoms with Gasteiger partial charge in [-0.2, -0.15) is 0 Å². The van der Waals surface area contributed by atoms with E-state index in [1.54, 1.807) is 31.5 Å². The van der Waals surface area contributed by atoms with Crippen molar-refractivity contribution in [3.63, 3.8) is 0 Å². The van der Waals surface area contributed by atoms with Gasteiger partial charge in [0.25, 0.3) is 0 Å². The van der Waals surface area contributed by atoms with Crippen molar-refractivity contribution in [2.75, 3.05) is 19.9 Å². The van der Waals surface area contributed by atoms with Crippen LogP contribution < -0.4 is 5.30 Å². The normalized spacial score (nSPS) is 22.4. The van der Waals surface area contributed by atoms with Gasteiger partial charge < -0.3 is 28.2 Å². The fraction of sp³-hybridized carbons (Fsp3) is 0.448. The van der Waals surface area contributed by atoms with Crippen LogP contribution in [0.5, 0.6) is 0 Å². The van der Waals surface area contributed by atoms with Gasteiger partial charge in [0.15, 0.2) is 18.3 Å². The van der Waals surface area contributed by atoms with E-state index in [0.29, 0.717) is 17.0 Å². The van der Waals surface area contributed by atoms with Crippen molar-refractivity contribution < 1.29 is 47.4 Å². The van der Waals surface area contributed by atoms with E-state index >= 15 is 0 Å². The first-order chi connectivity index (χ1) is 19.1. The van der Waals surface area contributed by atoms with Crippen LogP contribution >= 0.6 is 18.7 Å². The van der Waals surface area contributed by atoms with Crippen molar-refractivity contribution in [1.29, 1.82) is 0 Å². The molecule has 0 spiro atoms. The van der Waals surface area contributed by atoms with Crippen LogP contribution in [0.4, 0.5) is 0 Å². The third-order valence-corrected chi connectivity index (χ3v) is 8.25. The Morgan fingerprint density at radius 3 is 1.90 bits per heavy atom. The van der Waals surface area contributed by atoms with Gasteiger partial charge in [0.1, 0.15) is 26.0 Å². The number of hydrogen-bond donors (Lipinski definition) is 0. The number of halogens is 1. The quantitative estimate of drug-likeness (QED) is 0.234. The van der Waals surface area contributed by atoms with Crippen molar-refractivity contribution in [3.8, 4) is 0 Å². The highest BCUT2D eigenvalue weighted by molar-refractivity contribution is 7.70. The van der Waals surface area contributed by atoms with Crippen molar-refractivity contribution in [2.45, 2.75) is 64.6 Å². The molecule has 1 fully saturated rings. The fourth-order valence-electron chi connectivity index (χ4n) is 4.60. The average molecular weight is 609 g/mol. The molecule has 2 aromatic carbocycles. The van der Waals surface area contributed by atoms with Gasteiger partial charge >= 0.3 is 23.9 Å². The van der Waals surface area contributed by atoms with E-state index in [2.05, 4.69) is 0 Å². The molecular formula is C29H34ClO10P. The van der Waals surface area contributed by atoms with Gasteiger partial charge in [-0.3, -0.25) is 19.2 Å². The Hall–Kier alpha value is -3.20. The number of esters is 4. The lowest BCUT2D eigenvalue weighted by Gasteiger charge is -2.44. The molecule has 10 nitrogen and oxygen atoms in total. The van der Waals surface area contributed by atoms with Crippen LogP contribution in [-0.2, 0) is 53.8 Å². The van der Waals surface area contributed by atoms with Crippen molar-refractivity contribution >= 4 is 47.9 Å². The van der Waals surface area contributed by atoms with Gasteiger partial charge in [0.2, 0.25) is 0 Å². The van der Waals surface area contributed by atoms with Crippen molar-refractivity contribution in [2.24, 2.45) is 0 Å². The molecule has 0 saturated carbocycles. The Kier molecular flexibility index (Phi) is 10.8. The molecule has 1 saturated heterocycles. The minimum Gasteiger partial charge on any atom is -0.463 e. The Morgan fingerprint density at radius 1 is 0.805 bits per heavy atom. The molecule has 1 aliphatic rings. The van der Waals surface area contributed by atoms with Gasteiger partial charge in [-0.15, -0.1) is 0 Å². The van der Waals surface area contributed by atoms with Crippen LogP contribution in [0.3, 0.4) is 0 Å². The molecule has 12 heteroatoms. The second-order valence-electron chi connectivity index (χ2n) is 10.2. The molecule has 5 atom stereocenters. The molecular weight excluding hydrogens is 575 g/mol. The van der Waals surface area contributed by atoms with Crippen molar-refractivity contribution in [1.82, 2.24) is 0 Å². The zero-order valence-corrected chi connectivity index (χ0v) is 25.4. The van der Waals surface area contributed by atoms with Crippen LogP contribution in [-0.4, -0.2) is 68.2 Å². The SMILES string of the molecule is CC(=O)OC[C@H]1O[C@@H](c2ccc(Cl)c(Cc3ccc(P(C)(C)=O)cc3)c2)[C@H](OC(C)=O)[C@@H](OC(C)=O)[C@@H]1OC(C)=O. The van der Waals surface area contributed by atoms with Gasteiger partial charge in [0, 0.05) is 38.0 Å². The first kappa shape index (κ1) is 32.3. The molecule has 2 aromatic rings. The summed E-state index contributed by atoms with van der Waals surface area (Å²) in [5, 5.41) is 1.23. The summed E-state index contributed by atoms with van der Waals surface area (Å²) in [6.45, 7) is 7.83. The lowest BCUT2D eigenvalue weighted by Crippen LogP contribution is -2.59. The second-order valence-corrected chi connectivity index (χ2v) is 13.8. The van der Waals surface area contributed by atoms with E-state index in [9.17, 15) is 23.7 Å².